The van der Waals surface area contributed by atoms with E-state index in [1.54, 1.807) is 4.68 Å². The van der Waals surface area contributed by atoms with Crippen molar-refractivity contribution in [1.29, 1.82) is 0 Å². The average Bonchev–Trinajstić information content (AvgIpc) is 3.43. The highest BCUT2D eigenvalue weighted by atomic mass is 15.4. The summed E-state index contributed by atoms with van der Waals surface area (Å²) >= 11 is 0. The van der Waals surface area contributed by atoms with E-state index in [0.717, 1.165) is 62.6 Å². The zero-order valence-electron chi connectivity index (χ0n) is 19.7. The van der Waals surface area contributed by atoms with Gasteiger partial charge < -0.3 is 4.57 Å². The Bertz CT molecular complexity index is 1550. The van der Waals surface area contributed by atoms with Crippen molar-refractivity contribution in [3.8, 4) is 22.4 Å². The van der Waals surface area contributed by atoms with Crippen LogP contribution in [0.4, 0.5) is 5.69 Å². The lowest BCUT2D eigenvalue weighted by Crippen LogP contribution is -2.05. The smallest absolute Gasteiger partial charge is 0.194 e. The molecule has 5 rings (SSSR count). The van der Waals surface area contributed by atoms with Crippen molar-refractivity contribution in [2.24, 2.45) is 7.05 Å². The fourth-order valence-corrected chi connectivity index (χ4v) is 4.36. The predicted molar refractivity (Wildman–Crippen MR) is 134 cm³/mol. The SMILES string of the molecule is [C-]#[N+]c1ccc(-c2cn(C)nn2)cc1-c1ccc(Cn2c(CC)nc3c(C)cc(C)nc32)cc1. The molecule has 7 heteroatoms. The van der Waals surface area contributed by atoms with Crippen molar-refractivity contribution in [2.45, 2.75) is 33.7 Å². The number of nitrogens with zero attached hydrogens (tertiary/aromatic N) is 7. The highest BCUT2D eigenvalue weighted by molar-refractivity contribution is 5.83. The van der Waals surface area contributed by atoms with Gasteiger partial charge in [-0.2, -0.15) is 0 Å². The third kappa shape index (κ3) is 3.84. The van der Waals surface area contributed by atoms with Crippen LogP contribution in [0.15, 0.2) is 54.7 Å². The van der Waals surface area contributed by atoms with Crippen LogP contribution in [0.25, 0.3) is 38.4 Å². The zero-order chi connectivity index (χ0) is 23.8. The number of fused-ring (bicyclic) bond motifs is 1. The number of imidazole rings is 1. The quantitative estimate of drug-likeness (QED) is 0.326. The molecule has 168 valence electrons. The van der Waals surface area contributed by atoms with Gasteiger partial charge in [0.1, 0.15) is 17.0 Å². The molecule has 0 amide bonds. The Morgan fingerprint density at radius 3 is 2.41 bits per heavy atom. The molecule has 0 aliphatic carbocycles. The summed E-state index contributed by atoms with van der Waals surface area (Å²) in [6, 6.07) is 16.3. The van der Waals surface area contributed by atoms with Crippen LogP contribution in [0.3, 0.4) is 0 Å². The normalized spacial score (nSPS) is 11.1. The van der Waals surface area contributed by atoms with E-state index in [1.807, 2.05) is 38.4 Å². The molecule has 0 saturated heterocycles. The molecule has 5 aromatic rings. The van der Waals surface area contributed by atoms with Gasteiger partial charge in [0.2, 0.25) is 0 Å². The fraction of sp³-hybridized carbons (Fsp3) is 0.222. The second-order valence-electron chi connectivity index (χ2n) is 8.54. The van der Waals surface area contributed by atoms with Gasteiger partial charge in [0, 0.05) is 24.7 Å². The molecular formula is C27H25N7. The van der Waals surface area contributed by atoms with E-state index in [4.69, 9.17) is 16.5 Å². The third-order valence-corrected chi connectivity index (χ3v) is 6.04. The van der Waals surface area contributed by atoms with Crippen LogP contribution in [0.1, 0.15) is 29.6 Å². The van der Waals surface area contributed by atoms with Crippen molar-refractivity contribution in [1.82, 2.24) is 29.5 Å². The van der Waals surface area contributed by atoms with Crippen LogP contribution >= 0.6 is 0 Å². The number of aryl methyl sites for hydroxylation is 4. The summed E-state index contributed by atoms with van der Waals surface area (Å²) in [5.74, 6) is 1.03. The van der Waals surface area contributed by atoms with E-state index < -0.39 is 0 Å². The lowest BCUT2D eigenvalue weighted by molar-refractivity contribution is 0.715. The number of pyridine rings is 1. The molecule has 0 atom stereocenters. The van der Waals surface area contributed by atoms with Crippen LogP contribution in [-0.2, 0) is 20.0 Å². The minimum absolute atomic E-state index is 0.615. The Kier molecular flexibility index (Phi) is 5.42. The Hall–Kier alpha value is -4.31. The molecule has 0 radical (unpaired) electrons. The first-order chi connectivity index (χ1) is 16.5. The van der Waals surface area contributed by atoms with Crippen LogP contribution in [0.5, 0.6) is 0 Å². The molecule has 3 aromatic heterocycles. The summed E-state index contributed by atoms with van der Waals surface area (Å²) in [7, 11) is 1.84. The number of benzene rings is 2. The summed E-state index contributed by atoms with van der Waals surface area (Å²) < 4.78 is 3.89. The van der Waals surface area contributed by atoms with Gasteiger partial charge in [-0.1, -0.05) is 54.6 Å². The summed E-state index contributed by atoms with van der Waals surface area (Å²) in [6.45, 7) is 14.6. The molecule has 0 aliphatic heterocycles. The molecule has 3 heterocycles. The van der Waals surface area contributed by atoms with Crippen molar-refractivity contribution >= 4 is 16.9 Å². The molecule has 7 nitrogen and oxygen atoms in total. The maximum Gasteiger partial charge on any atom is 0.194 e. The molecule has 0 unspecified atom stereocenters. The topological polar surface area (TPSA) is 65.8 Å². The zero-order valence-corrected chi connectivity index (χ0v) is 19.7. The molecular weight excluding hydrogens is 422 g/mol. The summed E-state index contributed by atoms with van der Waals surface area (Å²) in [5, 5.41) is 8.23. The van der Waals surface area contributed by atoms with Gasteiger partial charge in [-0.05, 0) is 42.2 Å². The molecule has 0 N–H and O–H groups in total. The van der Waals surface area contributed by atoms with Crippen molar-refractivity contribution in [3.63, 3.8) is 0 Å². The number of hydrogen-bond acceptors (Lipinski definition) is 4. The molecule has 0 aliphatic rings. The minimum Gasteiger partial charge on any atom is -0.308 e. The Labute approximate surface area is 198 Å². The van der Waals surface area contributed by atoms with Gasteiger partial charge in [-0.15, -0.1) is 5.10 Å². The maximum absolute atomic E-state index is 7.62. The van der Waals surface area contributed by atoms with Crippen LogP contribution in [0.2, 0.25) is 0 Å². The second-order valence-corrected chi connectivity index (χ2v) is 8.54. The van der Waals surface area contributed by atoms with Gasteiger partial charge in [0.15, 0.2) is 11.3 Å². The maximum atomic E-state index is 7.62. The van der Waals surface area contributed by atoms with Crippen LogP contribution < -0.4 is 0 Å². The number of hydrogen-bond donors (Lipinski definition) is 0. The van der Waals surface area contributed by atoms with Gasteiger partial charge in [0.05, 0.1) is 19.3 Å². The monoisotopic (exact) mass is 447 g/mol. The molecule has 0 spiro atoms. The lowest BCUT2D eigenvalue weighted by Gasteiger charge is -2.11. The standard InChI is InChI=1S/C27H25N7/c1-6-25-30-26-17(2)13-18(3)29-27(26)34(25)15-19-7-9-20(10-8-19)22-14-21(11-12-23(22)28-4)24-16-33(5)32-31-24/h7-14,16H,6,15H2,1-3,5H3. The van der Waals surface area contributed by atoms with Gasteiger partial charge >= 0.3 is 0 Å². The molecule has 0 fully saturated rings. The van der Waals surface area contributed by atoms with Gasteiger partial charge in [-0.25, -0.2) is 14.8 Å². The highest BCUT2D eigenvalue weighted by Gasteiger charge is 2.14. The van der Waals surface area contributed by atoms with Crippen molar-refractivity contribution < 1.29 is 0 Å². The van der Waals surface area contributed by atoms with Gasteiger partial charge in [0.25, 0.3) is 0 Å². The molecule has 34 heavy (non-hydrogen) atoms. The predicted octanol–water partition coefficient (Wildman–Crippen LogP) is 5.67. The van der Waals surface area contributed by atoms with E-state index in [0.29, 0.717) is 12.2 Å². The van der Waals surface area contributed by atoms with Crippen LogP contribution in [-0.4, -0.2) is 29.5 Å². The molecule has 0 saturated carbocycles. The molecule has 2 aromatic carbocycles. The van der Waals surface area contributed by atoms with Gasteiger partial charge in [-0.3, -0.25) is 4.68 Å². The van der Waals surface area contributed by atoms with E-state index in [9.17, 15) is 0 Å². The number of rotatable bonds is 5. The largest absolute Gasteiger partial charge is 0.308 e. The van der Waals surface area contributed by atoms with E-state index in [-0.39, 0.29) is 0 Å². The number of aromatic nitrogens is 6. The van der Waals surface area contributed by atoms with E-state index in [1.165, 1.54) is 0 Å². The third-order valence-electron chi connectivity index (χ3n) is 6.04. The first-order valence-electron chi connectivity index (χ1n) is 11.3. The Balaban J connectivity index is 1.50. The average molecular weight is 448 g/mol. The summed E-state index contributed by atoms with van der Waals surface area (Å²) in [5.41, 5.74) is 9.45. The first kappa shape index (κ1) is 21.5. The van der Waals surface area contributed by atoms with E-state index in [2.05, 4.69) is 63.9 Å². The minimum atomic E-state index is 0.615. The van der Waals surface area contributed by atoms with E-state index >= 15 is 0 Å². The fourth-order valence-electron chi connectivity index (χ4n) is 4.36. The highest BCUT2D eigenvalue weighted by Crippen LogP contribution is 2.34. The lowest BCUT2D eigenvalue weighted by atomic mass is 9.99. The second kappa shape index (κ2) is 8.56. The van der Waals surface area contributed by atoms with Crippen molar-refractivity contribution in [2.75, 3.05) is 0 Å². The van der Waals surface area contributed by atoms with Crippen LogP contribution in [0, 0.1) is 20.4 Å². The molecule has 0 bridgehead atoms. The summed E-state index contributed by atoms with van der Waals surface area (Å²) in [4.78, 5) is 13.4. The first-order valence-corrected chi connectivity index (χ1v) is 11.3. The Morgan fingerprint density at radius 2 is 1.74 bits per heavy atom. The Morgan fingerprint density at radius 1 is 0.971 bits per heavy atom. The van der Waals surface area contributed by atoms with Crippen molar-refractivity contribution in [3.05, 3.63) is 88.8 Å². The summed E-state index contributed by atoms with van der Waals surface area (Å²) in [6.07, 6.45) is 2.72.